The van der Waals surface area contributed by atoms with Crippen molar-refractivity contribution in [3.8, 4) is 0 Å². The maximum Gasteiger partial charge on any atom is 0.0234 e. The maximum absolute atomic E-state index is 4.18. The molecular formula is C14H20N2. The van der Waals surface area contributed by atoms with Gasteiger partial charge in [0.25, 0.3) is 0 Å². The molecule has 0 aliphatic carbocycles. The molecule has 2 rings (SSSR count). The van der Waals surface area contributed by atoms with E-state index in [1.807, 2.05) is 6.07 Å². The second-order valence-electron chi connectivity index (χ2n) is 4.56. The number of hydrogen-bond donors (Lipinski definition) is 1. The summed E-state index contributed by atoms with van der Waals surface area (Å²) in [6.07, 6.45) is 0. The molecular weight excluding hydrogens is 196 g/mol. The molecule has 1 N–H and O–H groups in total. The second kappa shape index (κ2) is 5.28. The summed E-state index contributed by atoms with van der Waals surface area (Å²) in [5, 5.41) is 3.45. The van der Waals surface area contributed by atoms with E-state index in [-0.39, 0.29) is 0 Å². The van der Waals surface area contributed by atoms with Crippen LogP contribution in [-0.2, 0) is 0 Å². The third kappa shape index (κ3) is 2.94. The average molecular weight is 216 g/mol. The fraction of sp³-hybridized carbons (Fsp3) is 0.429. The minimum Gasteiger partial charge on any atom is -0.312 e. The largest absolute Gasteiger partial charge is 0.312 e. The van der Waals surface area contributed by atoms with Gasteiger partial charge in [0.1, 0.15) is 0 Å². The Hall–Kier alpha value is -1.12. The van der Waals surface area contributed by atoms with E-state index in [0.29, 0.717) is 6.04 Å². The van der Waals surface area contributed by atoms with Crippen LogP contribution in [0.3, 0.4) is 0 Å². The summed E-state index contributed by atoms with van der Waals surface area (Å²) >= 11 is 0. The van der Waals surface area contributed by atoms with Gasteiger partial charge in [0.2, 0.25) is 0 Å². The summed E-state index contributed by atoms with van der Waals surface area (Å²) in [5.74, 6) is 0. The quantitative estimate of drug-likeness (QED) is 0.831. The van der Waals surface area contributed by atoms with E-state index in [1.165, 1.54) is 11.1 Å². The van der Waals surface area contributed by atoms with Crippen LogP contribution < -0.4 is 5.32 Å². The van der Waals surface area contributed by atoms with Crippen molar-refractivity contribution in [3.05, 3.63) is 42.5 Å². The van der Waals surface area contributed by atoms with Crippen molar-refractivity contribution in [1.29, 1.82) is 0 Å². The predicted molar refractivity (Wildman–Crippen MR) is 69.4 cm³/mol. The van der Waals surface area contributed by atoms with E-state index >= 15 is 0 Å². The lowest BCUT2D eigenvalue weighted by molar-refractivity contribution is 0.229. The van der Waals surface area contributed by atoms with Crippen LogP contribution in [0.15, 0.2) is 36.9 Å². The first kappa shape index (κ1) is 11.4. The van der Waals surface area contributed by atoms with Gasteiger partial charge in [-0.1, -0.05) is 36.9 Å². The van der Waals surface area contributed by atoms with Crippen LogP contribution in [0.5, 0.6) is 0 Å². The lowest BCUT2D eigenvalue weighted by Crippen LogP contribution is -2.49. The Morgan fingerprint density at radius 2 is 2.19 bits per heavy atom. The molecule has 1 saturated heterocycles. The smallest absolute Gasteiger partial charge is 0.0234 e. The van der Waals surface area contributed by atoms with E-state index in [1.54, 1.807) is 0 Å². The highest BCUT2D eigenvalue weighted by atomic mass is 15.2. The van der Waals surface area contributed by atoms with Gasteiger partial charge in [0, 0.05) is 32.2 Å². The average Bonchev–Trinajstić information content (AvgIpc) is 2.30. The number of nitrogens with zero attached hydrogens (tertiary/aromatic N) is 1. The van der Waals surface area contributed by atoms with Gasteiger partial charge in [0.15, 0.2) is 0 Å². The summed E-state index contributed by atoms with van der Waals surface area (Å²) in [4.78, 5) is 2.47. The molecule has 16 heavy (non-hydrogen) atoms. The van der Waals surface area contributed by atoms with E-state index < -0.39 is 0 Å². The van der Waals surface area contributed by atoms with Crippen molar-refractivity contribution < 1.29 is 0 Å². The van der Waals surface area contributed by atoms with Crippen LogP contribution in [0.4, 0.5) is 0 Å². The minimum atomic E-state index is 0.595. The van der Waals surface area contributed by atoms with E-state index in [0.717, 1.165) is 26.2 Å². The summed E-state index contributed by atoms with van der Waals surface area (Å²) in [7, 11) is 0. The van der Waals surface area contributed by atoms with Crippen LogP contribution >= 0.6 is 0 Å². The fourth-order valence-corrected chi connectivity index (χ4v) is 2.19. The highest BCUT2D eigenvalue weighted by molar-refractivity contribution is 5.64. The van der Waals surface area contributed by atoms with E-state index in [9.17, 15) is 0 Å². The first-order chi connectivity index (χ1) is 7.75. The molecule has 0 bridgehead atoms. The molecule has 1 aromatic rings. The monoisotopic (exact) mass is 216 g/mol. The summed E-state index contributed by atoms with van der Waals surface area (Å²) < 4.78 is 0. The van der Waals surface area contributed by atoms with E-state index in [4.69, 9.17) is 0 Å². The highest BCUT2D eigenvalue weighted by Gasteiger charge is 2.15. The number of nitrogens with one attached hydrogen (secondary N) is 1. The normalized spacial score (nSPS) is 21.9. The number of piperazine rings is 1. The van der Waals surface area contributed by atoms with Crippen molar-refractivity contribution in [2.75, 3.05) is 26.2 Å². The first-order valence-electron chi connectivity index (χ1n) is 5.94. The number of rotatable bonds is 3. The topological polar surface area (TPSA) is 15.3 Å². The Kier molecular flexibility index (Phi) is 3.75. The molecule has 2 heteroatoms. The number of hydrogen-bond acceptors (Lipinski definition) is 2. The molecule has 1 aliphatic rings. The summed E-state index contributed by atoms with van der Waals surface area (Å²) in [6.45, 7) is 10.7. The lowest BCUT2D eigenvalue weighted by Gasteiger charge is -2.32. The second-order valence-corrected chi connectivity index (χ2v) is 4.56. The highest BCUT2D eigenvalue weighted by Crippen LogP contribution is 2.14. The van der Waals surface area contributed by atoms with Gasteiger partial charge in [0.05, 0.1) is 0 Å². The van der Waals surface area contributed by atoms with Crippen LogP contribution in [0.2, 0.25) is 0 Å². The molecule has 0 saturated carbocycles. The number of benzene rings is 1. The van der Waals surface area contributed by atoms with Crippen molar-refractivity contribution in [1.82, 2.24) is 10.2 Å². The zero-order chi connectivity index (χ0) is 11.4. The molecule has 0 aromatic heterocycles. The van der Waals surface area contributed by atoms with Gasteiger partial charge in [-0.3, -0.25) is 4.90 Å². The Balaban J connectivity index is 1.92. The van der Waals surface area contributed by atoms with Gasteiger partial charge in [-0.15, -0.1) is 0 Å². The molecule has 1 atom stereocenters. The van der Waals surface area contributed by atoms with Crippen LogP contribution in [0.25, 0.3) is 5.57 Å². The molecule has 1 heterocycles. The van der Waals surface area contributed by atoms with Crippen LogP contribution in [0.1, 0.15) is 12.5 Å². The maximum atomic E-state index is 4.18. The van der Waals surface area contributed by atoms with Gasteiger partial charge < -0.3 is 5.32 Å². The van der Waals surface area contributed by atoms with Crippen LogP contribution in [-0.4, -0.2) is 37.1 Å². The zero-order valence-electron chi connectivity index (χ0n) is 9.95. The van der Waals surface area contributed by atoms with Gasteiger partial charge in [-0.05, 0) is 18.1 Å². The molecule has 0 spiro atoms. The minimum absolute atomic E-state index is 0.595. The SMILES string of the molecule is C=C(CN1CCN[C@H](C)C1)c1ccccc1. The van der Waals surface area contributed by atoms with Gasteiger partial charge >= 0.3 is 0 Å². The zero-order valence-corrected chi connectivity index (χ0v) is 9.95. The first-order valence-corrected chi connectivity index (χ1v) is 5.94. The molecule has 1 fully saturated rings. The van der Waals surface area contributed by atoms with Crippen molar-refractivity contribution in [2.24, 2.45) is 0 Å². The Bertz CT molecular complexity index is 345. The molecule has 0 radical (unpaired) electrons. The van der Waals surface area contributed by atoms with Crippen molar-refractivity contribution >= 4 is 5.57 Å². The third-order valence-corrected chi connectivity index (χ3v) is 3.05. The van der Waals surface area contributed by atoms with Crippen LogP contribution in [0, 0.1) is 0 Å². The third-order valence-electron chi connectivity index (χ3n) is 3.05. The van der Waals surface area contributed by atoms with Gasteiger partial charge in [-0.25, -0.2) is 0 Å². The Morgan fingerprint density at radius 3 is 2.88 bits per heavy atom. The molecule has 2 nitrogen and oxygen atoms in total. The molecule has 0 unspecified atom stereocenters. The molecule has 1 aliphatic heterocycles. The molecule has 0 amide bonds. The van der Waals surface area contributed by atoms with Crippen molar-refractivity contribution in [3.63, 3.8) is 0 Å². The van der Waals surface area contributed by atoms with Gasteiger partial charge in [-0.2, -0.15) is 0 Å². The van der Waals surface area contributed by atoms with Crippen molar-refractivity contribution in [2.45, 2.75) is 13.0 Å². The predicted octanol–water partition coefficient (Wildman–Crippen LogP) is 1.99. The summed E-state index contributed by atoms with van der Waals surface area (Å²) in [5.41, 5.74) is 2.48. The molecule has 1 aromatic carbocycles. The Labute approximate surface area is 98.0 Å². The summed E-state index contributed by atoms with van der Waals surface area (Å²) in [6, 6.07) is 11.0. The van der Waals surface area contributed by atoms with E-state index in [2.05, 4.69) is 48.0 Å². The standard InChI is InChI=1S/C14H20N2/c1-12(14-6-4-3-5-7-14)10-16-9-8-15-13(2)11-16/h3-7,13,15H,1,8-11H2,2H3/t13-/m1/s1. The Morgan fingerprint density at radius 1 is 1.44 bits per heavy atom. The lowest BCUT2D eigenvalue weighted by atomic mass is 10.1. The molecule has 86 valence electrons. The fourth-order valence-electron chi connectivity index (χ4n) is 2.19.